The first-order valence-corrected chi connectivity index (χ1v) is 9.78. The number of benzene rings is 1. The molecule has 0 saturated heterocycles. The molecule has 2 saturated carbocycles. The third kappa shape index (κ3) is 4.47. The Bertz CT molecular complexity index is 594. The van der Waals surface area contributed by atoms with E-state index in [1.165, 1.54) is 32.8 Å². The minimum atomic E-state index is -0.843. The van der Waals surface area contributed by atoms with Gasteiger partial charge in [0.15, 0.2) is 11.6 Å². The topological polar surface area (TPSA) is 9.23 Å². The molecule has 0 unspecified atom stereocenters. The highest BCUT2D eigenvalue weighted by Crippen LogP contribution is 2.45. The third-order valence-corrected chi connectivity index (χ3v) is 6.46. The van der Waals surface area contributed by atoms with Gasteiger partial charge in [-0.2, -0.15) is 4.39 Å². The molecule has 1 aromatic carbocycles. The number of hydrogen-bond donors (Lipinski definition) is 0. The summed E-state index contributed by atoms with van der Waals surface area (Å²) in [6.45, 7) is 2.11. The van der Waals surface area contributed by atoms with Gasteiger partial charge in [0.2, 0.25) is 5.82 Å². The molecular formula is C23H34F2O. The number of halogens is 2. The van der Waals surface area contributed by atoms with Crippen LogP contribution in [0.2, 0.25) is 0 Å². The molecular weight excluding hydrogens is 330 g/mol. The highest BCUT2D eigenvalue weighted by Gasteiger charge is 2.32. The lowest BCUT2D eigenvalue weighted by Crippen LogP contribution is -2.25. The summed E-state index contributed by atoms with van der Waals surface area (Å²) in [6, 6.07) is 3.27. The number of methoxy groups -OCH3 is 1. The van der Waals surface area contributed by atoms with Crippen molar-refractivity contribution in [3.63, 3.8) is 0 Å². The lowest BCUT2D eigenvalue weighted by Gasteiger charge is -2.37. The molecule has 3 heteroatoms. The van der Waals surface area contributed by atoms with Crippen LogP contribution >= 0.6 is 0 Å². The summed E-state index contributed by atoms with van der Waals surface area (Å²) in [4.78, 5) is 0. The van der Waals surface area contributed by atoms with E-state index in [0.29, 0.717) is 5.56 Å². The van der Waals surface area contributed by atoms with Gasteiger partial charge in [0.1, 0.15) is 0 Å². The van der Waals surface area contributed by atoms with E-state index < -0.39 is 11.6 Å². The largest absolute Gasteiger partial charge is 0.494 e. The maximum absolute atomic E-state index is 14.3. The second-order valence-electron chi connectivity index (χ2n) is 7.80. The summed E-state index contributed by atoms with van der Waals surface area (Å²) in [5.41, 5.74) is 0.536. The van der Waals surface area contributed by atoms with Crippen LogP contribution in [0.1, 0.15) is 77.2 Å². The Morgan fingerprint density at radius 3 is 2.00 bits per heavy atom. The monoisotopic (exact) mass is 364 g/mol. The lowest BCUT2D eigenvalue weighted by molar-refractivity contribution is 0.170. The summed E-state index contributed by atoms with van der Waals surface area (Å²) < 4.78 is 33.2. The zero-order valence-corrected chi connectivity index (χ0v) is 15.4. The second kappa shape index (κ2) is 9.53. The molecule has 3 rings (SSSR count). The van der Waals surface area contributed by atoms with Crippen LogP contribution in [0, 0.1) is 29.4 Å². The SMILES string of the molecule is C.CC=CC1CCC(C2CCC(c3ccc(OC)c(F)c3F)CC2)CC1. The van der Waals surface area contributed by atoms with Crippen LogP contribution < -0.4 is 4.74 Å². The highest BCUT2D eigenvalue weighted by molar-refractivity contribution is 5.33. The molecule has 26 heavy (non-hydrogen) atoms. The van der Waals surface area contributed by atoms with Crippen LogP contribution in [-0.2, 0) is 0 Å². The van der Waals surface area contributed by atoms with Crippen LogP contribution in [0.4, 0.5) is 8.78 Å². The standard InChI is InChI=1S/C22H30F2O.CH4/c1-3-4-15-5-7-16(8-6-15)17-9-11-18(12-10-17)19-13-14-20(25-2)22(24)21(19)23;/h3-4,13-18H,5-12H2,1-2H3;1H4. The van der Waals surface area contributed by atoms with E-state index in [4.69, 9.17) is 4.74 Å². The average Bonchev–Trinajstić information content (AvgIpc) is 2.65. The molecule has 0 amide bonds. The summed E-state index contributed by atoms with van der Waals surface area (Å²) in [7, 11) is 1.37. The van der Waals surface area contributed by atoms with Crippen molar-refractivity contribution < 1.29 is 13.5 Å². The van der Waals surface area contributed by atoms with Crippen molar-refractivity contribution in [2.24, 2.45) is 17.8 Å². The summed E-state index contributed by atoms with van der Waals surface area (Å²) >= 11 is 0. The van der Waals surface area contributed by atoms with Gasteiger partial charge in [-0.05, 0) is 93.6 Å². The Labute approximate surface area is 157 Å². The molecule has 0 heterocycles. The van der Waals surface area contributed by atoms with Gasteiger partial charge < -0.3 is 4.74 Å². The van der Waals surface area contributed by atoms with Crippen molar-refractivity contribution in [1.82, 2.24) is 0 Å². The highest BCUT2D eigenvalue weighted by atomic mass is 19.2. The molecule has 0 N–H and O–H groups in total. The number of ether oxygens (including phenoxy) is 1. The predicted molar refractivity (Wildman–Crippen MR) is 105 cm³/mol. The van der Waals surface area contributed by atoms with Crippen LogP contribution in [0.5, 0.6) is 5.75 Å². The van der Waals surface area contributed by atoms with Gasteiger partial charge in [-0.3, -0.25) is 0 Å². The van der Waals surface area contributed by atoms with Gasteiger partial charge in [-0.15, -0.1) is 0 Å². The minimum absolute atomic E-state index is 0. The average molecular weight is 365 g/mol. The van der Waals surface area contributed by atoms with Gasteiger partial charge in [0, 0.05) is 0 Å². The first-order valence-electron chi connectivity index (χ1n) is 9.78. The zero-order chi connectivity index (χ0) is 17.8. The maximum Gasteiger partial charge on any atom is 0.200 e. The molecule has 0 bridgehead atoms. The molecule has 0 atom stereocenters. The normalized spacial score (nSPS) is 29.4. The summed E-state index contributed by atoms with van der Waals surface area (Å²) in [5.74, 6) is 0.964. The van der Waals surface area contributed by atoms with Gasteiger partial charge in [0.05, 0.1) is 7.11 Å². The van der Waals surface area contributed by atoms with E-state index in [9.17, 15) is 8.78 Å². The van der Waals surface area contributed by atoms with Gasteiger partial charge >= 0.3 is 0 Å². The van der Waals surface area contributed by atoms with Crippen molar-refractivity contribution in [2.45, 2.75) is 71.6 Å². The molecule has 0 aliphatic heterocycles. The molecule has 146 valence electrons. The Balaban J connectivity index is 0.00000243. The van der Waals surface area contributed by atoms with Crippen LogP contribution in [-0.4, -0.2) is 7.11 Å². The summed E-state index contributed by atoms with van der Waals surface area (Å²) in [6.07, 6.45) is 14.1. The fraction of sp³-hybridized carbons (Fsp3) is 0.652. The zero-order valence-electron chi connectivity index (χ0n) is 15.4. The number of allylic oxidation sites excluding steroid dienone is 2. The Kier molecular flexibility index (Phi) is 7.67. The molecule has 0 radical (unpaired) electrons. The Hall–Kier alpha value is -1.38. The van der Waals surface area contributed by atoms with Crippen molar-refractivity contribution in [1.29, 1.82) is 0 Å². The van der Waals surface area contributed by atoms with E-state index in [-0.39, 0.29) is 19.1 Å². The molecule has 0 spiro atoms. The van der Waals surface area contributed by atoms with E-state index in [0.717, 1.165) is 43.4 Å². The van der Waals surface area contributed by atoms with E-state index in [1.54, 1.807) is 12.1 Å². The number of rotatable bonds is 4. The van der Waals surface area contributed by atoms with Crippen LogP contribution in [0.3, 0.4) is 0 Å². The number of hydrogen-bond acceptors (Lipinski definition) is 1. The van der Waals surface area contributed by atoms with Gasteiger partial charge in [-0.25, -0.2) is 4.39 Å². The maximum atomic E-state index is 14.3. The van der Waals surface area contributed by atoms with Crippen molar-refractivity contribution in [3.8, 4) is 5.75 Å². The van der Waals surface area contributed by atoms with E-state index in [2.05, 4.69) is 19.1 Å². The Morgan fingerprint density at radius 1 is 0.885 bits per heavy atom. The first-order chi connectivity index (χ1) is 12.1. The smallest absolute Gasteiger partial charge is 0.200 e. The van der Waals surface area contributed by atoms with E-state index >= 15 is 0 Å². The van der Waals surface area contributed by atoms with Crippen LogP contribution in [0.25, 0.3) is 0 Å². The second-order valence-corrected chi connectivity index (χ2v) is 7.80. The fourth-order valence-corrected chi connectivity index (χ4v) is 5.00. The molecule has 2 fully saturated rings. The molecule has 2 aliphatic rings. The predicted octanol–water partition coefficient (Wildman–Crippen LogP) is 7.27. The van der Waals surface area contributed by atoms with Crippen molar-refractivity contribution >= 4 is 0 Å². The van der Waals surface area contributed by atoms with Gasteiger partial charge in [-0.1, -0.05) is 25.6 Å². The fourth-order valence-electron chi connectivity index (χ4n) is 5.00. The third-order valence-electron chi connectivity index (χ3n) is 6.46. The van der Waals surface area contributed by atoms with Gasteiger partial charge in [0.25, 0.3) is 0 Å². The molecule has 1 nitrogen and oxygen atoms in total. The Morgan fingerprint density at radius 2 is 1.46 bits per heavy atom. The molecule has 0 aromatic heterocycles. The quantitative estimate of drug-likeness (QED) is 0.511. The van der Waals surface area contributed by atoms with Crippen LogP contribution in [0.15, 0.2) is 24.3 Å². The van der Waals surface area contributed by atoms with Crippen molar-refractivity contribution in [3.05, 3.63) is 41.5 Å². The minimum Gasteiger partial charge on any atom is -0.494 e. The molecule has 1 aromatic rings. The summed E-state index contributed by atoms with van der Waals surface area (Å²) in [5, 5.41) is 0. The first kappa shape index (κ1) is 20.9. The molecule has 2 aliphatic carbocycles. The van der Waals surface area contributed by atoms with E-state index in [1.807, 2.05) is 0 Å². The van der Waals surface area contributed by atoms with Crippen molar-refractivity contribution in [2.75, 3.05) is 7.11 Å². The lowest BCUT2D eigenvalue weighted by atomic mass is 9.68.